The average Bonchev–Trinajstić information content (AvgIpc) is 3.14. The number of rotatable bonds is 8. The van der Waals surface area contributed by atoms with Crippen molar-refractivity contribution < 1.29 is 19.1 Å². The molecule has 29 heavy (non-hydrogen) atoms. The van der Waals surface area contributed by atoms with Crippen molar-refractivity contribution in [3.63, 3.8) is 0 Å². The van der Waals surface area contributed by atoms with Crippen LogP contribution in [0.2, 0.25) is 0 Å². The van der Waals surface area contributed by atoms with Gasteiger partial charge < -0.3 is 9.64 Å². The third kappa shape index (κ3) is 5.11. The molecule has 3 rings (SSSR count). The van der Waals surface area contributed by atoms with Gasteiger partial charge in [0.05, 0.1) is 5.92 Å². The SMILES string of the molecule is CCCCc1ccc(N2C[C@H](C(=O)O[C@@H](C)C(=O)c3ccccc3)CC2=O)cc1. The maximum Gasteiger partial charge on any atom is 0.312 e. The third-order valence-corrected chi connectivity index (χ3v) is 5.25. The summed E-state index contributed by atoms with van der Waals surface area (Å²) >= 11 is 0. The molecule has 0 radical (unpaired) electrons. The maximum absolute atomic E-state index is 12.5. The Morgan fingerprint density at radius 3 is 2.45 bits per heavy atom. The summed E-state index contributed by atoms with van der Waals surface area (Å²) in [7, 11) is 0. The Kier molecular flexibility index (Phi) is 6.81. The summed E-state index contributed by atoms with van der Waals surface area (Å²) in [5.74, 6) is -1.41. The van der Waals surface area contributed by atoms with Gasteiger partial charge in [-0.3, -0.25) is 14.4 Å². The van der Waals surface area contributed by atoms with Crippen molar-refractivity contribution in [3.05, 3.63) is 65.7 Å². The van der Waals surface area contributed by atoms with Gasteiger partial charge in [-0.2, -0.15) is 0 Å². The van der Waals surface area contributed by atoms with Gasteiger partial charge in [-0.25, -0.2) is 0 Å². The van der Waals surface area contributed by atoms with Gasteiger partial charge in [0.25, 0.3) is 0 Å². The smallest absolute Gasteiger partial charge is 0.312 e. The highest BCUT2D eigenvalue weighted by molar-refractivity contribution is 6.02. The maximum atomic E-state index is 12.5. The fourth-order valence-corrected chi connectivity index (χ4v) is 3.50. The van der Waals surface area contributed by atoms with Crippen LogP contribution in [0.3, 0.4) is 0 Å². The van der Waals surface area contributed by atoms with Crippen molar-refractivity contribution in [2.24, 2.45) is 5.92 Å². The van der Waals surface area contributed by atoms with Crippen LogP contribution in [-0.2, 0) is 20.7 Å². The van der Waals surface area contributed by atoms with Gasteiger partial charge in [0.15, 0.2) is 6.10 Å². The minimum atomic E-state index is -0.882. The molecule has 5 heteroatoms. The molecule has 1 aliphatic rings. The number of hydrogen-bond acceptors (Lipinski definition) is 4. The van der Waals surface area contributed by atoms with E-state index >= 15 is 0 Å². The summed E-state index contributed by atoms with van der Waals surface area (Å²) in [5.41, 5.74) is 2.53. The fraction of sp³-hybridized carbons (Fsp3) is 0.375. The van der Waals surface area contributed by atoms with Crippen LogP contribution < -0.4 is 4.90 Å². The number of aryl methyl sites for hydroxylation is 1. The number of nitrogens with zero attached hydrogens (tertiary/aromatic N) is 1. The number of ketones is 1. The lowest BCUT2D eigenvalue weighted by molar-refractivity contribution is -0.151. The standard InChI is InChI=1S/C24H27NO4/c1-3-4-8-18-11-13-21(14-12-18)25-16-20(15-22(25)26)24(28)29-17(2)23(27)19-9-6-5-7-10-19/h5-7,9-14,17,20H,3-4,8,15-16H2,1-2H3/t17-,20+/m0/s1. The lowest BCUT2D eigenvalue weighted by Gasteiger charge is -2.18. The molecule has 0 unspecified atom stereocenters. The molecule has 0 aliphatic carbocycles. The first kappa shape index (κ1) is 20.8. The first-order chi connectivity index (χ1) is 14.0. The molecule has 5 nitrogen and oxygen atoms in total. The second-order valence-corrected chi connectivity index (χ2v) is 7.48. The van der Waals surface area contributed by atoms with Crippen LogP contribution in [0.4, 0.5) is 5.69 Å². The number of ether oxygens (including phenoxy) is 1. The number of anilines is 1. The number of Topliss-reactive ketones (excluding diaryl/α,β-unsaturated/α-hetero) is 1. The number of unbranched alkanes of at least 4 members (excludes halogenated alkanes) is 1. The Labute approximate surface area is 171 Å². The summed E-state index contributed by atoms with van der Waals surface area (Å²) in [4.78, 5) is 39.0. The van der Waals surface area contributed by atoms with Gasteiger partial charge in [-0.1, -0.05) is 55.8 Å². The zero-order valence-corrected chi connectivity index (χ0v) is 17.0. The summed E-state index contributed by atoms with van der Waals surface area (Å²) in [6, 6.07) is 16.7. The van der Waals surface area contributed by atoms with E-state index in [0.717, 1.165) is 24.9 Å². The van der Waals surface area contributed by atoms with Gasteiger partial charge in [-0.15, -0.1) is 0 Å². The van der Waals surface area contributed by atoms with E-state index in [1.54, 1.807) is 36.1 Å². The van der Waals surface area contributed by atoms with Gasteiger partial charge in [0.1, 0.15) is 0 Å². The van der Waals surface area contributed by atoms with E-state index in [4.69, 9.17) is 4.74 Å². The Morgan fingerprint density at radius 1 is 1.10 bits per heavy atom. The van der Waals surface area contributed by atoms with E-state index in [1.165, 1.54) is 5.56 Å². The van der Waals surface area contributed by atoms with E-state index in [0.29, 0.717) is 5.56 Å². The Balaban J connectivity index is 1.59. The lowest BCUT2D eigenvalue weighted by Crippen LogP contribution is -2.30. The van der Waals surface area contributed by atoms with Gasteiger partial charge in [0.2, 0.25) is 11.7 Å². The molecule has 2 aromatic carbocycles. The van der Waals surface area contributed by atoms with Gasteiger partial charge in [0, 0.05) is 24.2 Å². The summed E-state index contributed by atoms with van der Waals surface area (Å²) in [6.07, 6.45) is 2.51. The number of carbonyl (C=O) groups excluding carboxylic acids is 3. The minimum Gasteiger partial charge on any atom is -0.454 e. The molecule has 0 bridgehead atoms. The van der Waals surface area contributed by atoms with Crippen LogP contribution in [0.5, 0.6) is 0 Å². The highest BCUT2D eigenvalue weighted by Crippen LogP contribution is 2.27. The summed E-state index contributed by atoms with van der Waals surface area (Å²) < 4.78 is 5.38. The van der Waals surface area contributed by atoms with Gasteiger partial charge in [-0.05, 0) is 37.5 Å². The van der Waals surface area contributed by atoms with E-state index in [-0.39, 0.29) is 24.7 Å². The minimum absolute atomic E-state index is 0.0999. The van der Waals surface area contributed by atoms with Crippen LogP contribution >= 0.6 is 0 Å². The Bertz CT molecular complexity index is 860. The van der Waals surface area contributed by atoms with Crippen molar-refractivity contribution in [1.29, 1.82) is 0 Å². The molecule has 1 amide bonds. The average molecular weight is 393 g/mol. The molecule has 0 N–H and O–H groups in total. The summed E-state index contributed by atoms with van der Waals surface area (Å²) in [6.45, 7) is 4.00. The van der Waals surface area contributed by atoms with Crippen LogP contribution in [-0.4, -0.2) is 30.3 Å². The predicted octanol–water partition coefficient (Wildman–Crippen LogP) is 4.20. The van der Waals surface area contributed by atoms with E-state index < -0.39 is 18.0 Å². The summed E-state index contributed by atoms with van der Waals surface area (Å²) in [5, 5.41) is 0. The Hall–Kier alpha value is -2.95. The van der Waals surface area contributed by atoms with Gasteiger partial charge >= 0.3 is 5.97 Å². The predicted molar refractivity (Wildman–Crippen MR) is 112 cm³/mol. The molecule has 0 saturated carbocycles. The van der Waals surface area contributed by atoms with Crippen molar-refractivity contribution in [1.82, 2.24) is 0 Å². The molecule has 1 heterocycles. The first-order valence-corrected chi connectivity index (χ1v) is 10.2. The molecular formula is C24H27NO4. The second-order valence-electron chi connectivity index (χ2n) is 7.48. The second kappa shape index (κ2) is 9.50. The molecule has 152 valence electrons. The molecule has 2 aromatic rings. The van der Waals surface area contributed by atoms with E-state index in [1.807, 2.05) is 30.3 Å². The molecule has 1 fully saturated rings. The highest BCUT2D eigenvalue weighted by atomic mass is 16.5. The molecular weight excluding hydrogens is 366 g/mol. The molecule has 1 saturated heterocycles. The number of hydrogen-bond donors (Lipinski definition) is 0. The Morgan fingerprint density at radius 2 is 1.79 bits per heavy atom. The van der Waals surface area contributed by atoms with Crippen LogP contribution in [0.15, 0.2) is 54.6 Å². The number of amides is 1. The van der Waals surface area contributed by atoms with Crippen molar-refractivity contribution in [2.45, 2.75) is 45.6 Å². The topological polar surface area (TPSA) is 63.7 Å². The number of carbonyl (C=O) groups is 3. The largest absolute Gasteiger partial charge is 0.454 e. The van der Waals surface area contributed by atoms with E-state index in [9.17, 15) is 14.4 Å². The first-order valence-electron chi connectivity index (χ1n) is 10.2. The molecule has 0 aromatic heterocycles. The van der Waals surface area contributed by atoms with Crippen LogP contribution in [0, 0.1) is 5.92 Å². The number of benzene rings is 2. The normalized spacial score (nSPS) is 17.2. The quantitative estimate of drug-likeness (QED) is 0.498. The monoisotopic (exact) mass is 393 g/mol. The molecule has 1 aliphatic heterocycles. The number of esters is 1. The third-order valence-electron chi connectivity index (χ3n) is 5.25. The van der Waals surface area contributed by atoms with E-state index in [2.05, 4.69) is 6.92 Å². The lowest BCUT2D eigenvalue weighted by atomic mass is 10.1. The van der Waals surface area contributed by atoms with Crippen molar-refractivity contribution in [2.75, 3.05) is 11.4 Å². The van der Waals surface area contributed by atoms with Crippen molar-refractivity contribution >= 4 is 23.3 Å². The van der Waals surface area contributed by atoms with Crippen molar-refractivity contribution in [3.8, 4) is 0 Å². The zero-order chi connectivity index (χ0) is 20.8. The van der Waals surface area contributed by atoms with Crippen LogP contribution in [0.1, 0.15) is 49.0 Å². The van der Waals surface area contributed by atoms with Crippen LogP contribution in [0.25, 0.3) is 0 Å². The molecule has 0 spiro atoms. The fourth-order valence-electron chi connectivity index (χ4n) is 3.50. The highest BCUT2D eigenvalue weighted by Gasteiger charge is 2.37. The molecule has 2 atom stereocenters. The zero-order valence-electron chi connectivity index (χ0n) is 17.0.